The van der Waals surface area contributed by atoms with E-state index in [1.807, 2.05) is 24.3 Å². The number of benzene rings is 1. The van der Waals surface area contributed by atoms with Gasteiger partial charge in [0.05, 0.1) is 37.5 Å². The monoisotopic (exact) mass is 460 g/mol. The molecule has 4 aliphatic carbocycles. The first-order chi connectivity index (χ1) is 16.5. The van der Waals surface area contributed by atoms with E-state index in [1.165, 1.54) is 0 Å². The molecule has 6 aliphatic rings. The van der Waals surface area contributed by atoms with E-state index in [1.54, 1.807) is 9.13 Å². The normalized spacial score (nSPS) is 36.5. The molecule has 3 aromatic rings. The minimum absolute atomic E-state index is 0.146. The van der Waals surface area contributed by atoms with Crippen molar-refractivity contribution in [3.63, 3.8) is 0 Å². The van der Waals surface area contributed by atoms with Crippen molar-refractivity contribution < 1.29 is 29.9 Å². The van der Waals surface area contributed by atoms with Crippen LogP contribution in [0.4, 0.5) is 0 Å². The molecule has 4 N–H and O–H groups in total. The Morgan fingerprint density at radius 3 is 1.32 bits per heavy atom. The SMILES string of the molecule is Oc1c2c(c(O)n1Cc1cccc(Cn3c(O)c4c(c3O)C3CC4C4OC34)c1)C1CC2C2OC12. The number of epoxide rings is 2. The first kappa shape index (κ1) is 18.3. The standard InChI is InChI=1S/C26H24N2O6/c29-23-15-11-5-12(20-19(11)33-20)16(15)24(30)27(23)7-9-2-1-3-10(4-9)8-28-25(31)17-13-6-14(18(17)26(28)32)22-21(13)34-22/h1-4,11-14,19-22,29-32H,5-8H2. The molecule has 8 atom stereocenters. The summed E-state index contributed by atoms with van der Waals surface area (Å²) in [4.78, 5) is 0. The topological polar surface area (TPSA) is 116 Å². The Bertz CT molecular complexity index is 1260. The van der Waals surface area contributed by atoms with Crippen LogP contribution in [0.15, 0.2) is 24.3 Å². The van der Waals surface area contributed by atoms with Crippen molar-refractivity contribution in [2.45, 2.75) is 74.0 Å². The van der Waals surface area contributed by atoms with Crippen LogP contribution in [0.3, 0.4) is 0 Å². The number of aromatic nitrogens is 2. The van der Waals surface area contributed by atoms with E-state index in [4.69, 9.17) is 9.47 Å². The number of aromatic hydroxyl groups is 4. The van der Waals surface area contributed by atoms with Crippen molar-refractivity contribution in [1.29, 1.82) is 0 Å². The van der Waals surface area contributed by atoms with Crippen LogP contribution in [-0.4, -0.2) is 54.0 Å². The van der Waals surface area contributed by atoms with Gasteiger partial charge in [0.1, 0.15) is 0 Å². The van der Waals surface area contributed by atoms with Gasteiger partial charge < -0.3 is 29.9 Å². The summed E-state index contributed by atoms with van der Waals surface area (Å²) in [6, 6.07) is 7.85. The van der Waals surface area contributed by atoms with E-state index in [-0.39, 0.29) is 71.6 Å². The largest absolute Gasteiger partial charge is 0.494 e. The van der Waals surface area contributed by atoms with Crippen LogP contribution in [0.5, 0.6) is 23.5 Å². The number of hydrogen-bond acceptors (Lipinski definition) is 6. The molecule has 2 saturated carbocycles. The Balaban J connectivity index is 1.03. The van der Waals surface area contributed by atoms with Gasteiger partial charge in [0.2, 0.25) is 0 Å². The van der Waals surface area contributed by atoms with Gasteiger partial charge in [0.25, 0.3) is 0 Å². The van der Waals surface area contributed by atoms with Crippen LogP contribution in [-0.2, 0) is 22.6 Å². The van der Waals surface area contributed by atoms with Gasteiger partial charge in [0.15, 0.2) is 23.5 Å². The molecule has 4 fully saturated rings. The van der Waals surface area contributed by atoms with Crippen molar-refractivity contribution in [2.24, 2.45) is 0 Å². The lowest BCUT2D eigenvalue weighted by Gasteiger charge is -2.13. The lowest BCUT2D eigenvalue weighted by Crippen LogP contribution is -2.04. The highest BCUT2D eigenvalue weighted by Gasteiger charge is 2.65. The molecule has 2 aromatic heterocycles. The van der Waals surface area contributed by atoms with E-state index in [0.717, 1.165) is 46.2 Å². The summed E-state index contributed by atoms with van der Waals surface area (Å²) < 4.78 is 14.6. The Labute approximate surface area is 194 Å². The summed E-state index contributed by atoms with van der Waals surface area (Å²) in [5.74, 6) is 1.35. The maximum Gasteiger partial charge on any atom is 0.198 e. The summed E-state index contributed by atoms with van der Waals surface area (Å²) in [6.45, 7) is 0.693. The maximum atomic E-state index is 10.9. The molecule has 9 rings (SSSR count). The molecule has 0 radical (unpaired) electrons. The molecule has 34 heavy (non-hydrogen) atoms. The Morgan fingerprint density at radius 1 is 0.618 bits per heavy atom. The smallest absolute Gasteiger partial charge is 0.198 e. The number of rotatable bonds is 4. The molecule has 4 bridgehead atoms. The lowest BCUT2D eigenvalue weighted by atomic mass is 9.95. The predicted octanol–water partition coefficient (Wildman–Crippen LogP) is 2.91. The summed E-state index contributed by atoms with van der Waals surface area (Å²) in [6.07, 6.45) is 2.74. The van der Waals surface area contributed by atoms with Crippen molar-refractivity contribution in [2.75, 3.05) is 0 Å². The highest BCUT2D eigenvalue weighted by atomic mass is 16.6. The van der Waals surface area contributed by atoms with Crippen molar-refractivity contribution >= 4 is 0 Å². The van der Waals surface area contributed by atoms with Gasteiger partial charge in [-0.1, -0.05) is 24.3 Å². The van der Waals surface area contributed by atoms with Crippen LogP contribution < -0.4 is 0 Å². The molecule has 4 heterocycles. The van der Waals surface area contributed by atoms with Crippen molar-refractivity contribution in [3.8, 4) is 23.5 Å². The molecule has 0 spiro atoms. The number of fused-ring (bicyclic) bond motifs is 16. The summed E-state index contributed by atoms with van der Waals surface area (Å²) >= 11 is 0. The van der Waals surface area contributed by atoms with Crippen LogP contribution in [0.25, 0.3) is 0 Å². The second kappa shape index (κ2) is 5.58. The second-order valence-electron chi connectivity index (χ2n) is 11.0. The average Bonchev–Trinajstić information content (AvgIpc) is 3.59. The maximum absolute atomic E-state index is 10.9. The van der Waals surface area contributed by atoms with Crippen LogP contribution in [0, 0.1) is 0 Å². The lowest BCUT2D eigenvalue weighted by molar-refractivity contribution is 0.288. The summed E-state index contributed by atoms with van der Waals surface area (Å²) in [5.41, 5.74) is 5.32. The third-order valence-electron chi connectivity index (χ3n) is 9.45. The molecular weight excluding hydrogens is 436 g/mol. The molecule has 174 valence electrons. The fourth-order valence-electron chi connectivity index (χ4n) is 8.00. The van der Waals surface area contributed by atoms with Crippen molar-refractivity contribution in [3.05, 3.63) is 57.6 Å². The zero-order valence-corrected chi connectivity index (χ0v) is 18.3. The molecule has 1 aromatic carbocycles. The minimum Gasteiger partial charge on any atom is -0.494 e. The van der Waals surface area contributed by atoms with Gasteiger partial charge in [-0.15, -0.1) is 0 Å². The molecular formula is C26H24N2O6. The molecule has 2 saturated heterocycles. The molecule has 8 heteroatoms. The highest BCUT2D eigenvalue weighted by Crippen LogP contribution is 2.68. The molecule has 0 amide bonds. The fourth-order valence-corrected chi connectivity index (χ4v) is 8.00. The van der Waals surface area contributed by atoms with Gasteiger partial charge >= 0.3 is 0 Å². The average molecular weight is 460 g/mol. The van der Waals surface area contributed by atoms with Gasteiger partial charge in [-0.05, 0) is 24.0 Å². The third-order valence-corrected chi connectivity index (χ3v) is 9.45. The third kappa shape index (κ3) is 1.97. The van der Waals surface area contributed by atoms with E-state index in [9.17, 15) is 20.4 Å². The van der Waals surface area contributed by atoms with Crippen LogP contribution in [0.2, 0.25) is 0 Å². The van der Waals surface area contributed by atoms with E-state index in [0.29, 0.717) is 13.1 Å². The minimum atomic E-state index is 0.146. The van der Waals surface area contributed by atoms with Gasteiger partial charge in [-0.2, -0.15) is 0 Å². The Morgan fingerprint density at radius 2 is 0.971 bits per heavy atom. The predicted molar refractivity (Wildman–Crippen MR) is 118 cm³/mol. The highest BCUT2D eigenvalue weighted by molar-refractivity contribution is 5.59. The Kier molecular flexibility index (Phi) is 3.00. The summed E-state index contributed by atoms with van der Waals surface area (Å²) in [7, 11) is 0. The van der Waals surface area contributed by atoms with Crippen molar-refractivity contribution in [1.82, 2.24) is 9.13 Å². The summed E-state index contributed by atoms with van der Waals surface area (Å²) in [5, 5.41) is 43.8. The second-order valence-corrected chi connectivity index (χ2v) is 11.0. The van der Waals surface area contributed by atoms with E-state index in [2.05, 4.69) is 0 Å². The zero-order chi connectivity index (χ0) is 22.6. The molecule has 8 nitrogen and oxygen atoms in total. The fraction of sp³-hybridized carbons (Fsp3) is 0.462. The van der Waals surface area contributed by atoms with Crippen LogP contribution >= 0.6 is 0 Å². The first-order valence-corrected chi connectivity index (χ1v) is 12.2. The number of nitrogens with zero attached hydrogens (tertiary/aromatic N) is 2. The van der Waals surface area contributed by atoms with Crippen LogP contribution in [0.1, 0.15) is 69.9 Å². The Hall–Kier alpha value is -3.10. The quantitative estimate of drug-likeness (QED) is 0.445. The number of hydrogen-bond donors (Lipinski definition) is 4. The van der Waals surface area contributed by atoms with E-state index < -0.39 is 0 Å². The molecule has 2 aliphatic heterocycles. The zero-order valence-electron chi connectivity index (χ0n) is 18.3. The number of ether oxygens (including phenoxy) is 2. The molecule has 8 unspecified atom stereocenters. The van der Waals surface area contributed by atoms with Gasteiger partial charge in [-0.25, -0.2) is 0 Å². The van der Waals surface area contributed by atoms with Gasteiger partial charge in [-0.3, -0.25) is 9.13 Å². The first-order valence-electron chi connectivity index (χ1n) is 12.2. The van der Waals surface area contributed by atoms with E-state index >= 15 is 0 Å². The van der Waals surface area contributed by atoms with Gasteiger partial charge in [0, 0.05) is 45.9 Å².